The van der Waals surface area contributed by atoms with Crippen molar-refractivity contribution in [1.29, 1.82) is 0 Å². The van der Waals surface area contributed by atoms with E-state index in [0.717, 1.165) is 17.9 Å². The zero-order valence-electron chi connectivity index (χ0n) is 14.0. The maximum Gasteiger partial charge on any atom is 0.213 e. The molecule has 3 rings (SSSR count). The molecule has 3 N–H and O–H groups in total. The van der Waals surface area contributed by atoms with Crippen molar-refractivity contribution < 1.29 is 14.2 Å². The van der Waals surface area contributed by atoms with Crippen molar-refractivity contribution in [2.24, 2.45) is 10.7 Å². The summed E-state index contributed by atoms with van der Waals surface area (Å²) < 4.78 is 16.7. The molecule has 7 nitrogen and oxygen atoms in total. The zero-order valence-corrected chi connectivity index (χ0v) is 17.1. The average molecular weight is 491 g/mol. The lowest BCUT2D eigenvalue weighted by Crippen LogP contribution is -2.23. The quantitative estimate of drug-likeness (QED) is 0.289. The van der Waals surface area contributed by atoms with Crippen LogP contribution in [0.4, 0.5) is 5.69 Å². The smallest absolute Gasteiger partial charge is 0.213 e. The van der Waals surface area contributed by atoms with Crippen molar-refractivity contribution in [1.82, 2.24) is 4.98 Å². The number of hydrogen-bond acceptors (Lipinski definition) is 5. The van der Waals surface area contributed by atoms with Gasteiger partial charge < -0.3 is 25.3 Å². The summed E-state index contributed by atoms with van der Waals surface area (Å²) in [5, 5.41) is 3.59. The van der Waals surface area contributed by atoms with Crippen LogP contribution in [0.15, 0.2) is 41.5 Å². The van der Waals surface area contributed by atoms with E-state index in [2.05, 4.69) is 15.3 Å². The molecular formula is C17H20ClIN4O3. The molecule has 0 aliphatic carbocycles. The average Bonchev–Trinajstić information content (AvgIpc) is 2.85. The maximum absolute atomic E-state index is 5.89. The Kier molecular flexibility index (Phi) is 8.05. The summed E-state index contributed by atoms with van der Waals surface area (Å²) in [5.74, 6) is 2.23. The van der Waals surface area contributed by atoms with Crippen LogP contribution in [0.5, 0.6) is 17.4 Å². The molecule has 26 heavy (non-hydrogen) atoms. The number of pyridine rings is 1. The molecule has 0 bridgehead atoms. The van der Waals surface area contributed by atoms with Crippen molar-refractivity contribution in [2.45, 2.75) is 6.42 Å². The van der Waals surface area contributed by atoms with Gasteiger partial charge in [-0.25, -0.2) is 9.98 Å². The van der Waals surface area contributed by atoms with Crippen LogP contribution in [0.25, 0.3) is 0 Å². The molecule has 9 heteroatoms. The lowest BCUT2D eigenvalue weighted by Gasteiger charge is -2.10. The SMILES string of the molecule is I.NC(=NCCOc1ccc(Cl)cn1)Nc1ccc2c(c1)OCCCO2. The molecule has 1 aromatic heterocycles. The molecule has 0 fully saturated rings. The number of aliphatic imine (C=N–C) groups is 1. The van der Waals surface area contributed by atoms with E-state index in [1.54, 1.807) is 12.1 Å². The number of aromatic nitrogens is 1. The third kappa shape index (κ3) is 6.10. The van der Waals surface area contributed by atoms with Crippen LogP contribution in [0.2, 0.25) is 5.02 Å². The second-order valence-electron chi connectivity index (χ2n) is 5.27. The summed E-state index contributed by atoms with van der Waals surface area (Å²) in [6.45, 7) is 2.05. The summed E-state index contributed by atoms with van der Waals surface area (Å²) in [5.41, 5.74) is 6.67. The van der Waals surface area contributed by atoms with E-state index in [0.29, 0.717) is 49.0 Å². The van der Waals surface area contributed by atoms with Crippen LogP contribution in [0.3, 0.4) is 0 Å². The molecule has 0 radical (unpaired) electrons. The second kappa shape index (κ2) is 10.3. The minimum Gasteiger partial charge on any atom is -0.490 e. The van der Waals surface area contributed by atoms with Gasteiger partial charge in [-0.1, -0.05) is 11.6 Å². The highest BCUT2D eigenvalue weighted by Crippen LogP contribution is 2.32. The van der Waals surface area contributed by atoms with E-state index in [9.17, 15) is 0 Å². The van der Waals surface area contributed by atoms with E-state index >= 15 is 0 Å². The van der Waals surface area contributed by atoms with Gasteiger partial charge in [-0.2, -0.15) is 0 Å². The van der Waals surface area contributed by atoms with Crippen LogP contribution in [0.1, 0.15) is 6.42 Å². The zero-order chi connectivity index (χ0) is 17.5. The predicted octanol–water partition coefficient (Wildman–Crippen LogP) is 3.32. The van der Waals surface area contributed by atoms with Gasteiger partial charge in [0, 0.05) is 30.4 Å². The van der Waals surface area contributed by atoms with Gasteiger partial charge >= 0.3 is 0 Å². The number of nitrogens with zero attached hydrogens (tertiary/aromatic N) is 2. The van der Waals surface area contributed by atoms with Crippen molar-refractivity contribution >= 4 is 47.2 Å². The summed E-state index contributed by atoms with van der Waals surface area (Å²) in [6.07, 6.45) is 2.39. The largest absolute Gasteiger partial charge is 0.490 e. The topological polar surface area (TPSA) is 91.0 Å². The predicted molar refractivity (Wildman–Crippen MR) is 112 cm³/mol. The van der Waals surface area contributed by atoms with Crippen LogP contribution in [-0.4, -0.2) is 37.3 Å². The maximum atomic E-state index is 5.89. The number of benzene rings is 1. The number of fused-ring (bicyclic) bond motifs is 1. The van der Waals surface area contributed by atoms with Crippen LogP contribution in [-0.2, 0) is 0 Å². The van der Waals surface area contributed by atoms with E-state index in [4.69, 9.17) is 31.5 Å². The Balaban J connectivity index is 0.00000243. The fraction of sp³-hybridized carbons (Fsp3) is 0.294. The normalized spacial score (nSPS) is 13.3. The van der Waals surface area contributed by atoms with Gasteiger partial charge in [-0.15, -0.1) is 24.0 Å². The number of nitrogens with one attached hydrogen (secondary N) is 1. The third-order valence-corrected chi connectivity index (χ3v) is 3.57. The number of ether oxygens (including phenoxy) is 3. The van der Waals surface area contributed by atoms with Gasteiger partial charge in [0.15, 0.2) is 17.5 Å². The molecule has 140 valence electrons. The number of halogens is 2. The minimum absolute atomic E-state index is 0. The molecule has 2 aromatic rings. The lowest BCUT2D eigenvalue weighted by atomic mass is 10.3. The van der Waals surface area contributed by atoms with Crippen LogP contribution < -0.4 is 25.3 Å². The van der Waals surface area contributed by atoms with Gasteiger partial charge in [0.1, 0.15) is 6.61 Å². The minimum atomic E-state index is 0. The van der Waals surface area contributed by atoms with E-state index in [1.807, 2.05) is 18.2 Å². The van der Waals surface area contributed by atoms with Crippen molar-refractivity contribution in [3.05, 3.63) is 41.6 Å². The Morgan fingerprint density at radius 2 is 2.04 bits per heavy atom. The third-order valence-electron chi connectivity index (χ3n) is 3.34. The molecule has 0 saturated heterocycles. The molecule has 1 aromatic carbocycles. The van der Waals surface area contributed by atoms with Gasteiger partial charge in [-0.3, -0.25) is 0 Å². The van der Waals surface area contributed by atoms with Crippen molar-refractivity contribution in [3.8, 4) is 17.4 Å². The highest BCUT2D eigenvalue weighted by Gasteiger charge is 2.10. The van der Waals surface area contributed by atoms with Gasteiger partial charge in [0.2, 0.25) is 5.88 Å². The van der Waals surface area contributed by atoms with Crippen molar-refractivity contribution in [2.75, 3.05) is 31.7 Å². The van der Waals surface area contributed by atoms with Crippen molar-refractivity contribution in [3.63, 3.8) is 0 Å². The Hall–Kier alpha value is -1.94. The summed E-state index contributed by atoms with van der Waals surface area (Å²) in [4.78, 5) is 8.25. The monoisotopic (exact) mass is 490 g/mol. The van der Waals surface area contributed by atoms with Gasteiger partial charge in [0.25, 0.3) is 0 Å². The fourth-order valence-electron chi connectivity index (χ4n) is 2.19. The number of anilines is 1. The molecule has 1 aliphatic heterocycles. The Bertz CT molecular complexity index is 743. The molecule has 1 aliphatic rings. The van der Waals surface area contributed by atoms with Crippen LogP contribution >= 0.6 is 35.6 Å². The van der Waals surface area contributed by atoms with E-state index in [-0.39, 0.29) is 24.0 Å². The molecule has 2 heterocycles. The lowest BCUT2D eigenvalue weighted by molar-refractivity contribution is 0.297. The first-order valence-electron chi connectivity index (χ1n) is 7.92. The first-order chi connectivity index (χ1) is 12.2. The summed E-state index contributed by atoms with van der Waals surface area (Å²) >= 11 is 5.76. The molecule has 0 unspecified atom stereocenters. The standard InChI is InChI=1S/C17H19ClN4O3.HI/c18-12-2-5-16(21-11-12)25-9-6-20-17(19)22-13-3-4-14-15(10-13)24-8-1-7-23-14;/h2-5,10-11H,1,6-9H2,(H3,19,20,22);1H. The summed E-state index contributed by atoms with van der Waals surface area (Å²) in [6, 6.07) is 8.98. The molecule has 0 saturated carbocycles. The molecule has 0 atom stereocenters. The molecule has 0 amide bonds. The highest BCUT2D eigenvalue weighted by atomic mass is 127. The first-order valence-corrected chi connectivity index (χ1v) is 8.29. The second-order valence-corrected chi connectivity index (χ2v) is 5.70. The van der Waals surface area contributed by atoms with Gasteiger partial charge in [-0.05, 0) is 18.2 Å². The Morgan fingerprint density at radius 3 is 2.81 bits per heavy atom. The molecule has 0 spiro atoms. The number of guanidine groups is 1. The number of nitrogens with two attached hydrogens (primary N) is 1. The van der Waals surface area contributed by atoms with E-state index in [1.165, 1.54) is 6.20 Å². The Morgan fingerprint density at radius 1 is 1.23 bits per heavy atom. The summed E-state index contributed by atoms with van der Waals surface area (Å²) in [7, 11) is 0. The van der Waals surface area contributed by atoms with Gasteiger partial charge in [0.05, 0.1) is 24.8 Å². The molecular weight excluding hydrogens is 471 g/mol. The van der Waals surface area contributed by atoms with Crippen LogP contribution in [0, 0.1) is 0 Å². The van der Waals surface area contributed by atoms with E-state index < -0.39 is 0 Å². The highest BCUT2D eigenvalue weighted by molar-refractivity contribution is 14.0. The fourth-order valence-corrected chi connectivity index (χ4v) is 2.30. The first kappa shape index (κ1) is 20.4. The number of rotatable bonds is 5. The number of hydrogen-bond donors (Lipinski definition) is 2. The Labute approximate surface area is 173 Å².